The minimum absolute atomic E-state index is 0.451. The molecule has 0 aliphatic carbocycles. The molecule has 0 aromatic carbocycles. The first-order valence-electron chi connectivity index (χ1n) is 2.71. The van der Waals surface area contributed by atoms with Crippen LogP contribution in [0.15, 0.2) is 18.4 Å². The molecule has 0 aliphatic heterocycles. The second kappa shape index (κ2) is 3.48. The molecule has 0 saturated heterocycles. The maximum Gasteiger partial charge on any atom is 0.0318 e. The van der Waals surface area contributed by atoms with Gasteiger partial charge in [-0.05, 0) is 27.1 Å². The van der Waals surface area contributed by atoms with E-state index in [-0.39, 0.29) is 0 Å². The number of hydrogen-bond acceptors (Lipinski definition) is 1. The summed E-state index contributed by atoms with van der Waals surface area (Å²) in [5.41, 5.74) is 2.73. The van der Waals surface area contributed by atoms with Gasteiger partial charge < -0.3 is 4.90 Å². The van der Waals surface area contributed by atoms with Gasteiger partial charge in [0.05, 0.1) is 0 Å². The summed E-state index contributed by atoms with van der Waals surface area (Å²) in [5.74, 6) is 0. The Morgan fingerprint density at radius 3 is 2.25 bits per heavy atom. The van der Waals surface area contributed by atoms with Gasteiger partial charge in [-0.1, -0.05) is 6.58 Å². The van der Waals surface area contributed by atoms with Crippen molar-refractivity contribution in [1.29, 1.82) is 0 Å². The van der Waals surface area contributed by atoms with Gasteiger partial charge in [-0.25, -0.2) is 0 Å². The third-order valence-corrected chi connectivity index (χ3v) is 1.17. The number of hydrogen-bond donors (Lipinski definition) is 0. The van der Waals surface area contributed by atoms with E-state index in [1.54, 1.807) is 0 Å². The normalized spacial score (nSPS) is 13.0. The van der Waals surface area contributed by atoms with Gasteiger partial charge in [0.1, 0.15) is 0 Å². The van der Waals surface area contributed by atoms with E-state index < -0.39 is 0 Å². The van der Waals surface area contributed by atoms with Gasteiger partial charge in [0, 0.05) is 6.04 Å². The Bertz CT molecular complexity index is 99.0. The molecule has 0 amide bonds. The lowest BCUT2D eigenvalue weighted by molar-refractivity contribution is 0.364. The summed E-state index contributed by atoms with van der Waals surface area (Å²) in [6.45, 7) is 5.57. The highest BCUT2D eigenvalue weighted by atomic mass is 15.1. The quantitative estimate of drug-likeness (QED) is 0.485. The average Bonchev–Trinajstić information content (AvgIpc) is 1.67. The number of rotatable bonds is 2. The zero-order valence-electron chi connectivity index (χ0n) is 5.81. The molecule has 1 heteroatoms. The second-order valence-electron chi connectivity index (χ2n) is 2.08. The summed E-state index contributed by atoms with van der Waals surface area (Å²) in [7, 11) is 4.05. The highest BCUT2D eigenvalue weighted by molar-refractivity contribution is 4.86. The van der Waals surface area contributed by atoms with Crippen molar-refractivity contribution in [2.24, 2.45) is 0 Å². The molecule has 0 aromatic heterocycles. The van der Waals surface area contributed by atoms with Crippen LogP contribution in [0.2, 0.25) is 0 Å². The molecule has 1 nitrogen and oxygen atoms in total. The fraction of sp³-hybridized carbons (Fsp3) is 0.571. The Morgan fingerprint density at radius 2 is 2.12 bits per heavy atom. The lowest BCUT2D eigenvalue weighted by Crippen LogP contribution is -2.21. The lowest BCUT2D eigenvalue weighted by Gasteiger charge is -2.13. The fourth-order valence-electron chi connectivity index (χ4n) is 0.320. The van der Waals surface area contributed by atoms with Crippen LogP contribution in [0.1, 0.15) is 6.92 Å². The Hall–Kier alpha value is -0.520. The van der Waals surface area contributed by atoms with E-state index >= 15 is 0 Å². The molecule has 46 valence electrons. The molecular formula is C7H13N. The molecule has 0 unspecified atom stereocenters. The molecule has 8 heavy (non-hydrogen) atoms. The van der Waals surface area contributed by atoms with E-state index in [0.29, 0.717) is 6.04 Å². The van der Waals surface area contributed by atoms with Crippen molar-refractivity contribution in [3.8, 4) is 0 Å². The Labute approximate surface area is 51.3 Å². The average molecular weight is 111 g/mol. The van der Waals surface area contributed by atoms with Crippen LogP contribution in [-0.4, -0.2) is 25.0 Å². The minimum atomic E-state index is 0.451. The molecule has 0 fully saturated rings. The summed E-state index contributed by atoms with van der Waals surface area (Å²) in [4.78, 5) is 2.10. The highest BCUT2D eigenvalue weighted by Crippen LogP contribution is 1.89. The van der Waals surface area contributed by atoms with Gasteiger partial charge in [-0.15, -0.1) is 5.73 Å². The fourth-order valence-corrected chi connectivity index (χ4v) is 0.320. The van der Waals surface area contributed by atoms with Crippen LogP contribution < -0.4 is 0 Å². The summed E-state index contributed by atoms with van der Waals surface area (Å²) in [6.07, 6.45) is 1.93. The van der Waals surface area contributed by atoms with Crippen LogP contribution >= 0.6 is 0 Å². The van der Waals surface area contributed by atoms with Gasteiger partial charge in [-0.3, -0.25) is 0 Å². The van der Waals surface area contributed by atoms with Crippen LogP contribution in [0, 0.1) is 0 Å². The predicted octanol–water partition coefficient (Wildman–Crippen LogP) is 1.28. The molecular weight excluding hydrogens is 98.1 g/mol. The highest BCUT2D eigenvalue weighted by Gasteiger charge is 1.95. The molecule has 0 saturated carbocycles. The van der Waals surface area contributed by atoms with Crippen LogP contribution in [0.25, 0.3) is 0 Å². The minimum Gasteiger partial charge on any atom is -0.303 e. The third kappa shape index (κ3) is 2.62. The topological polar surface area (TPSA) is 3.24 Å². The Morgan fingerprint density at radius 1 is 1.62 bits per heavy atom. The van der Waals surface area contributed by atoms with E-state index in [9.17, 15) is 0 Å². The molecule has 0 rings (SSSR count). The molecule has 0 heterocycles. The molecule has 0 N–H and O–H groups in total. The maximum atomic E-state index is 3.48. The molecule has 0 spiro atoms. The van der Waals surface area contributed by atoms with Gasteiger partial charge in [0.15, 0.2) is 0 Å². The van der Waals surface area contributed by atoms with E-state index in [1.807, 2.05) is 20.2 Å². The van der Waals surface area contributed by atoms with E-state index in [4.69, 9.17) is 0 Å². The van der Waals surface area contributed by atoms with Crippen LogP contribution in [0.4, 0.5) is 0 Å². The predicted molar refractivity (Wildman–Crippen MR) is 36.9 cm³/mol. The first kappa shape index (κ1) is 7.48. The van der Waals surface area contributed by atoms with Gasteiger partial charge in [0.2, 0.25) is 0 Å². The van der Waals surface area contributed by atoms with Gasteiger partial charge in [0.25, 0.3) is 0 Å². The largest absolute Gasteiger partial charge is 0.303 e. The van der Waals surface area contributed by atoms with Crippen molar-refractivity contribution < 1.29 is 0 Å². The van der Waals surface area contributed by atoms with E-state index in [2.05, 4.69) is 24.1 Å². The standard InChI is InChI=1S/C7H13N/c1-5-6-7(2)8(3)4/h6-7H,1H2,2-4H3/t7-/m0/s1. The van der Waals surface area contributed by atoms with Crippen molar-refractivity contribution in [2.45, 2.75) is 13.0 Å². The summed E-state index contributed by atoms with van der Waals surface area (Å²) < 4.78 is 0. The zero-order chi connectivity index (χ0) is 6.57. The monoisotopic (exact) mass is 111 g/mol. The molecule has 0 radical (unpaired) electrons. The first-order chi connectivity index (χ1) is 3.68. The van der Waals surface area contributed by atoms with Crippen molar-refractivity contribution >= 4 is 0 Å². The maximum absolute atomic E-state index is 3.48. The van der Waals surface area contributed by atoms with Gasteiger partial charge in [-0.2, -0.15) is 0 Å². The van der Waals surface area contributed by atoms with Gasteiger partial charge >= 0.3 is 0 Å². The summed E-state index contributed by atoms with van der Waals surface area (Å²) in [5, 5.41) is 0. The molecule has 0 aromatic rings. The van der Waals surface area contributed by atoms with Crippen molar-refractivity contribution in [1.82, 2.24) is 4.90 Å². The van der Waals surface area contributed by atoms with Crippen LogP contribution in [-0.2, 0) is 0 Å². The van der Waals surface area contributed by atoms with E-state index in [0.717, 1.165) is 0 Å². The van der Waals surface area contributed by atoms with E-state index in [1.165, 1.54) is 0 Å². The summed E-state index contributed by atoms with van der Waals surface area (Å²) >= 11 is 0. The molecule has 0 bridgehead atoms. The summed E-state index contributed by atoms with van der Waals surface area (Å²) in [6, 6.07) is 0.451. The van der Waals surface area contributed by atoms with Crippen molar-refractivity contribution in [3.05, 3.63) is 18.4 Å². The van der Waals surface area contributed by atoms with Crippen molar-refractivity contribution in [2.75, 3.05) is 14.1 Å². The molecule has 0 aliphatic rings. The first-order valence-corrected chi connectivity index (χ1v) is 2.71. The van der Waals surface area contributed by atoms with Crippen molar-refractivity contribution in [3.63, 3.8) is 0 Å². The SMILES string of the molecule is C=C=C[C@H](C)N(C)C. The lowest BCUT2D eigenvalue weighted by atomic mass is 10.3. The zero-order valence-corrected chi connectivity index (χ0v) is 5.81. The second-order valence-corrected chi connectivity index (χ2v) is 2.08. The number of likely N-dealkylation sites (N-methyl/N-ethyl adjacent to an activating group) is 1. The third-order valence-electron chi connectivity index (χ3n) is 1.17. The van der Waals surface area contributed by atoms with Crippen LogP contribution in [0.3, 0.4) is 0 Å². The molecule has 1 atom stereocenters. The number of nitrogens with zero attached hydrogens (tertiary/aromatic N) is 1. The van der Waals surface area contributed by atoms with Crippen LogP contribution in [0.5, 0.6) is 0 Å². The smallest absolute Gasteiger partial charge is 0.0318 e. The Balaban J connectivity index is 3.63. The Kier molecular flexibility index (Phi) is 3.25.